The van der Waals surface area contributed by atoms with E-state index in [2.05, 4.69) is 38.7 Å². The summed E-state index contributed by atoms with van der Waals surface area (Å²) in [6, 6.07) is 27.0. The maximum atomic E-state index is 12.5. The molecule has 0 aliphatic heterocycles. The van der Waals surface area contributed by atoms with Gasteiger partial charge in [0.05, 0.1) is 12.2 Å². The predicted molar refractivity (Wildman–Crippen MR) is 120 cm³/mol. The Bertz CT molecular complexity index is 1140. The number of nitrogens with zero attached hydrogens (tertiary/aromatic N) is 5. The maximum absolute atomic E-state index is 12.5. The van der Waals surface area contributed by atoms with Crippen LogP contribution in [0.2, 0.25) is 0 Å². The van der Waals surface area contributed by atoms with Crippen LogP contribution in [0, 0.1) is 0 Å². The number of nitrogens with one attached hydrogen (secondary N) is 1. The molecule has 0 bridgehead atoms. The van der Waals surface area contributed by atoms with E-state index in [4.69, 9.17) is 0 Å². The van der Waals surface area contributed by atoms with Gasteiger partial charge in [0.1, 0.15) is 0 Å². The minimum atomic E-state index is -0.124. The van der Waals surface area contributed by atoms with Crippen LogP contribution in [-0.2, 0) is 6.54 Å². The monoisotopic (exact) mass is 412 g/mol. The first-order valence-electron chi connectivity index (χ1n) is 10.1. The number of hydrogen-bond acceptors (Lipinski definition) is 5. The van der Waals surface area contributed by atoms with E-state index >= 15 is 0 Å². The van der Waals surface area contributed by atoms with Crippen LogP contribution in [0.4, 0.5) is 5.69 Å². The van der Waals surface area contributed by atoms with E-state index in [-0.39, 0.29) is 11.9 Å². The van der Waals surface area contributed by atoms with E-state index in [0.717, 1.165) is 22.8 Å². The number of hydrogen-bond donors (Lipinski definition) is 1. The highest BCUT2D eigenvalue weighted by Gasteiger charge is 2.17. The summed E-state index contributed by atoms with van der Waals surface area (Å²) in [6.07, 6.45) is 0. The Morgan fingerprint density at radius 3 is 2.45 bits per heavy atom. The second-order valence-corrected chi connectivity index (χ2v) is 7.38. The second-order valence-electron chi connectivity index (χ2n) is 7.38. The van der Waals surface area contributed by atoms with Gasteiger partial charge in [0.25, 0.3) is 5.91 Å². The molecule has 0 aliphatic carbocycles. The van der Waals surface area contributed by atoms with Crippen molar-refractivity contribution < 1.29 is 4.79 Å². The average Bonchev–Trinajstić information content (AvgIpc) is 3.28. The molecule has 7 heteroatoms. The summed E-state index contributed by atoms with van der Waals surface area (Å²) in [5.41, 5.74) is 3.41. The van der Waals surface area contributed by atoms with Crippen molar-refractivity contribution in [3.63, 3.8) is 0 Å². The van der Waals surface area contributed by atoms with Crippen LogP contribution in [0.1, 0.15) is 34.7 Å². The molecule has 7 nitrogen and oxygen atoms in total. The number of tetrazole rings is 1. The van der Waals surface area contributed by atoms with E-state index in [0.29, 0.717) is 12.1 Å². The summed E-state index contributed by atoms with van der Waals surface area (Å²) in [5.74, 6) is 0.634. The van der Waals surface area contributed by atoms with E-state index in [1.807, 2.05) is 73.8 Å². The van der Waals surface area contributed by atoms with Gasteiger partial charge in [-0.3, -0.25) is 9.69 Å². The van der Waals surface area contributed by atoms with Crippen LogP contribution in [-0.4, -0.2) is 38.1 Å². The summed E-state index contributed by atoms with van der Waals surface area (Å²) in [6.45, 7) is 2.69. The lowest BCUT2D eigenvalue weighted by Gasteiger charge is -2.25. The number of benzene rings is 3. The van der Waals surface area contributed by atoms with Gasteiger partial charge in [-0.05, 0) is 66.4 Å². The summed E-state index contributed by atoms with van der Waals surface area (Å²) >= 11 is 0. The highest BCUT2D eigenvalue weighted by molar-refractivity contribution is 6.04. The van der Waals surface area contributed by atoms with Crippen molar-refractivity contribution in [3.05, 3.63) is 102 Å². The fourth-order valence-electron chi connectivity index (χ4n) is 3.36. The molecule has 0 saturated carbocycles. The molecule has 0 spiro atoms. The molecule has 1 aromatic heterocycles. The number of anilines is 1. The minimum absolute atomic E-state index is 0.0921. The lowest BCUT2D eigenvalue weighted by atomic mass is 10.1. The standard InChI is InChI=1S/C24H24N6O/c1-18(29(2)17-23-26-27-28-30(23)22-14-7-4-8-15-22)20-12-9-13-21(16-20)25-24(31)19-10-5-3-6-11-19/h3-16,18H,17H2,1-2H3,(H,25,31). The Hall–Kier alpha value is -3.84. The number of rotatable bonds is 7. The second kappa shape index (κ2) is 9.32. The highest BCUT2D eigenvalue weighted by Crippen LogP contribution is 2.23. The van der Waals surface area contributed by atoms with Crippen LogP contribution in [0.5, 0.6) is 0 Å². The van der Waals surface area contributed by atoms with E-state index in [9.17, 15) is 4.79 Å². The first-order chi connectivity index (χ1) is 15.1. The number of amides is 1. The molecule has 0 saturated heterocycles. The first-order valence-corrected chi connectivity index (χ1v) is 10.1. The molecule has 1 amide bonds. The van der Waals surface area contributed by atoms with Gasteiger partial charge < -0.3 is 5.32 Å². The Morgan fingerprint density at radius 1 is 1.00 bits per heavy atom. The fraction of sp³-hybridized carbons (Fsp3) is 0.167. The molecule has 1 N–H and O–H groups in total. The van der Waals surface area contributed by atoms with Crippen molar-refractivity contribution in [1.82, 2.24) is 25.1 Å². The smallest absolute Gasteiger partial charge is 0.255 e. The predicted octanol–water partition coefficient (Wildman–Crippen LogP) is 4.11. The molecule has 0 radical (unpaired) electrons. The zero-order valence-corrected chi connectivity index (χ0v) is 17.5. The van der Waals surface area contributed by atoms with Crippen LogP contribution in [0.15, 0.2) is 84.9 Å². The van der Waals surface area contributed by atoms with Crippen molar-refractivity contribution in [2.45, 2.75) is 19.5 Å². The summed E-state index contributed by atoms with van der Waals surface area (Å²) in [5, 5.41) is 15.2. The molecular weight excluding hydrogens is 388 g/mol. The van der Waals surface area contributed by atoms with E-state index < -0.39 is 0 Å². The summed E-state index contributed by atoms with van der Waals surface area (Å²) in [7, 11) is 2.03. The maximum Gasteiger partial charge on any atom is 0.255 e. The molecule has 3 aromatic carbocycles. The van der Waals surface area contributed by atoms with Crippen molar-refractivity contribution in [2.24, 2.45) is 0 Å². The Morgan fingerprint density at radius 2 is 1.71 bits per heavy atom. The average molecular weight is 412 g/mol. The quantitative estimate of drug-likeness (QED) is 0.494. The largest absolute Gasteiger partial charge is 0.322 e. The topological polar surface area (TPSA) is 75.9 Å². The first kappa shape index (κ1) is 20.4. The van der Waals surface area contributed by atoms with Gasteiger partial charge in [-0.25, -0.2) is 0 Å². The molecule has 156 valence electrons. The van der Waals surface area contributed by atoms with Crippen LogP contribution in [0.25, 0.3) is 5.69 Å². The van der Waals surface area contributed by atoms with Gasteiger partial charge >= 0.3 is 0 Å². The van der Waals surface area contributed by atoms with Gasteiger partial charge in [-0.1, -0.05) is 48.5 Å². The van der Waals surface area contributed by atoms with Gasteiger partial charge in [-0.2, -0.15) is 4.68 Å². The molecule has 4 aromatic rings. The summed E-state index contributed by atoms with van der Waals surface area (Å²) < 4.78 is 1.75. The lowest BCUT2D eigenvalue weighted by molar-refractivity contribution is 0.102. The molecule has 1 unspecified atom stereocenters. The molecule has 31 heavy (non-hydrogen) atoms. The molecule has 1 atom stereocenters. The number of carbonyl (C=O) groups is 1. The Labute approximate surface area is 181 Å². The third kappa shape index (κ3) is 4.84. The SMILES string of the molecule is CC(c1cccc(NC(=O)c2ccccc2)c1)N(C)Cc1nnnn1-c1ccccc1. The fourth-order valence-corrected chi connectivity index (χ4v) is 3.36. The van der Waals surface area contributed by atoms with E-state index in [1.165, 1.54) is 0 Å². The van der Waals surface area contributed by atoms with Gasteiger partial charge in [-0.15, -0.1) is 5.10 Å². The number of aromatic nitrogens is 4. The third-order valence-electron chi connectivity index (χ3n) is 5.25. The molecule has 4 rings (SSSR count). The third-order valence-corrected chi connectivity index (χ3v) is 5.25. The van der Waals surface area contributed by atoms with Crippen molar-refractivity contribution in [2.75, 3.05) is 12.4 Å². The number of carbonyl (C=O) groups excluding carboxylic acids is 1. The van der Waals surface area contributed by atoms with Crippen LogP contribution < -0.4 is 5.32 Å². The molecule has 1 heterocycles. The normalized spacial score (nSPS) is 12.0. The summed E-state index contributed by atoms with van der Waals surface area (Å²) in [4.78, 5) is 14.6. The Kier molecular flexibility index (Phi) is 6.14. The van der Waals surface area contributed by atoms with Crippen molar-refractivity contribution >= 4 is 11.6 Å². The minimum Gasteiger partial charge on any atom is -0.322 e. The van der Waals surface area contributed by atoms with Crippen LogP contribution in [0.3, 0.4) is 0 Å². The highest BCUT2D eigenvalue weighted by atomic mass is 16.1. The van der Waals surface area contributed by atoms with Crippen molar-refractivity contribution in [3.8, 4) is 5.69 Å². The van der Waals surface area contributed by atoms with Gasteiger partial charge in [0.15, 0.2) is 5.82 Å². The number of para-hydroxylation sites is 1. The molecular formula is C24H24N6O. The van der Waals surface area contributed by atoms with Crippen LogP contribution >= 0.6 is 0 Å². The zero-order chi connectivity index (χ0) is 21.6. The van der Waals surface area contributed by atoms with Gasteiger partial charge in [0, 0.05) is 17.3 Å². The zero-order valence-electron chi connectivity index (χ0n) is 17.5. The van der Waals surface area contributed by atoms with Gasteiger partial charge in [0.2, 0.25) is 0 Å². The molecule has 0 fully saturated rings. The van der Waals surface area contributed by atoms with Crippen molar-refractivity contribution in [1.29, 1.82) is 0 Å². The Balaban J connectivity index is 1.46. The van der Waals surface area contributed by atoms with E-state index in [1.54, 1.807) is 16.8 Å². The molecule has 0 aliphatic rings. The lowest BCUT2D eigenvalue weighted by Crippen LogP contribution is -2.24.